The normalized spacial score (nSPS) is 18.7. The molecule has 0 spiro atoms. The number of ether oxygens (including phenoxy) is 2. The molecule has 0 aromatic heterocycles. The van der Waals surface area contributed by atoms with Crippen LogP contribution in [0.15, 0.2) is 54.6 Å². The van der Waals surface area contributed by atoms with Crippen LogP contribution >= 0.6 is 0 Å². The smallest absolute Gasteiger partial charge is 0.410 e. The van der Waals surface area contributed by atoms with Crippen LogP contribution in [0, 0.1) is 10.1 Å². The highest BCUT2D eigenvalue weighted by atomic mass is 19.1. The van der Waals surface area contributed by atoms with Gasteiger partial charge in [-0.25, -0.2) is 14.0 Å². The van der Waals surface area contributed by atoms with E-state index in [9.17, 15) is 24.1 Å². The zero-order valence-electron chi connectivity index (χ0n) is 15.4. The Hall–Kier alpha value is -3.49. The number of non-ortho nitro benzene ring substituents is 1. The zero-order chi connectivity index (χ0) is 20.8. The highest BCUT2D eigenvalue weighted by Crippen LogP contribution is 2.21. The fourth-order valence-electron chi connectivity index (χ4n) is 2.92. The summed E-state index contributed by atoms with van der Waals surface area (Å²) in [6.45, 7) is 0.0315. The van der Waals surface area contributed by atoms with Crippen LogP contribution in [0.2, 0.25) is 0 Å². The van der Waals surface area contributed by atoms with Crippen LogP contribution in [0.5, 0.6) is 0 Å². The molecule has 0 saturated carbocycles. The van der Waals surface area contributed by atoms with E-state index in [1.165, 1.54) is 29.2 Å². The number of esters is 1. The molecule has 2 aromatic carbocycles. The minimum absolute atomic E-state index is 0.0890. The molecule has 0 bridgehead atoms. The number of nitro benzene ring substituents is 1. The average molecular weight is 402 g/mol. The number of carbonyl (C=O) groups is 2. The van der Waals surface area contributed by atoms with Gasteiger partial charge in [-0.2, -0.15) is 0 Å². The molecule has 2 atom stereocenters. The van der Waals surface area contributed by atoms with Gasteiger partial charge >= 0.3 is 12.1 Å². The van der Waals surface area contributed by atoms with Crippen LogP contribution in [0.3, 0.4) is 0 Å². The number of nitrogens with zero attached hydrogens (tertiary/aromatic N) is 2. The Bertz CT molecular complexity index is 874. The molecule has 3 rings (SSSR count). The van der Waals surface area contributed by atoms with Crippen molar-refractivity contribution in [3.05, 3.63) is 75.8 Å². The highest BCUT2D eigenvalue weighted by molar-refractivity contribution is 5.89. The monoisotopic (exact) mass is 402 g/mol. The third-order valence-electron chi connectivity index (χ3n) is 4.52. The number of amides is 1. The Morgan fingerprint density at radius 3 is 2.45 bits per heavy atom. The quantitative estimate of drug-likeness (QED) is 0.431. The van der Waals surface area contributed by atoms with Crippen LogP contribution < -0.4 is 0 Å². The van der Waals surface area contributed by atoms with Gasteiger partial charge in [0.15, 0.2) is 6.17 Å². The molecule has 0 N–H and O–H groups in total. The lowest BCUT2D eigenvalue weighted by molar-refractivity contribution is -0.384. The molecule has 2 aromatic rings. The summed E-state index contributed by atoms with van der Waals surface area (Å²) in [7, 11) is 0. The second-order valence-corrected chi connectivity index (χ2v) is 6.54. The Labute approximate surface area is 166 Å². The summed E-state index contributed by atoms with van der Waals surface area (Å²) in [5.41, 5.74) is 0.754. The molecule has 0 radical (unpaired) electrons. The number of benzene rings is 2. The molecule has 1 aliphatic rings. The second-order valence-electron chi connectivity index (χ2n) is 6.54. The Morgan fingerprint density at radius 2 is 1.83 bits per heavy atom. The third-order valence-corrected chi connectivity index (χ3v) is 4.52. The number of likely N-dealkylation sites (tertiary alicyclic amines) is 1. The highest BCUT2D eigenvalue weighted by Gasteiger charge is 2.35. The molecule has 1 fully saturated rings. The van der Waals surface area contributed by atoms with Gasteiger partial charge < -0.3 is 14.4 Å². The Morgan fingerprint density at radius 1 is 1.14 bits per heavy atom. The van der Waals surface area contributed by atoms with Crippen molar-refractivity contribution >= 4 is 17.7 Å². The summed E-state index contributed by atoms with van der Waals surface area (Å²) in [5.74, 6) is -0.771. The van der Waals surface area contributed by atoms with Gasteiger partial charge in [0, 0.05) is 25.1 Å². The first-order valence-corrected chi connectivity index (χ1v) is 8.99. The molecule has 152 valence electrons. The number of carbonyl (C=O) groups excluding carboxylic acids is 2. The van der Waals surface area contributed by atoms with E-state index in [0.29, 0.717) is 0 Å². The van der Waals surface area contributed by atoms with Crippen molar-refractivity contribution in [1.29, 1.82) is 0 Å². The van der Waals surface area contributed by atoms with Crippen LogP contribution in [0.4, 0.5) is 14.9 Å². The topological polar surface area (TPSA) is 99.0 Å². The van der Waals surface area contributed by atoms with Gasteiger partial charge in [-0.3, -0.25) is 10.1 Å². The van der Waals surface area contributed by atoms with E-state index in [-0.39, 0.29) is 37.4 Å². The van der Waals surface area contributed by atoms with Crippen molar-refractivity contribution < 1.29 is 28.4 Å². The molecular formula is C20H19FN2O6. The summed E-state index contributed by atoms with van der Waals surface area (Å²) in [6, 6.07) is 14.0. The largest absolute Gasteiger partial charge is 0.456 e. The van der Waals surface area contributed by atoms with Gasteiger partial charge in [0.2, 0.25) is 0 Å². The SMILES string of the molecule is O=C(OC1CCN(C(=O)OCc2ccccc2)CC1F)c1ccc([N+](=O)[O-])cc1. The number of piperidine rings is 1. The zero-order valence-corrected chi connectivity index (χ0v) is 15.4. The second kappa shape index (κ2) is 9.13. The summed E-state index contributed by atoms with van der Waals surface area (Å²) in [6.07, 6.45) is -3.07. The lowest BCUT2D eigenvalue weighted by Gasteiger charge is -2.33. The molecule has 8 nitrogen and oxygen atoms in total. The Balaban J connectivity index is 1.49. The van der Waals surface area contributed by atoms with Gasteiger partial charge in [0.25, 0.3) is 5.69 Å². The van der Waals surface area contributed by atoms with E-state index in [0.717, 1.165) is 5.56 Å². The molecule has 1 aliphatic heterocycles. The van der Waals surface area contributed by atoms with Crippen molar-refractivity contribution in [1.82, 2.24) is 4.90 Å². The first kappa shape index (κ1) is 20.2. The Kier molecular flexibility index (Phi) is 6.38. The van der Waals surface area contributed by atoms with Crippen molar-refractivity contribution in [3.8, 4) is 0 Å². The fourth-order valence-corrected chi connectivity index (χ4v) is 2.92. The molecule has 1 amide bonds. The molecule has 1 saturated heterocycles. The first-order chi connectivity index (χ1) is 13.9. The van der Waals surface area contributed by atoms with Crippen molar-refractivity contribution in [2.24, 2.45) is 0 Å². The summed E-state index contributed by atoms with van der Waals surface area (Å²) < 4.78 is 24.8. The number of hydrogen-bond donors (Lipinski definition) is 0. The van der Waals surface area contributed by atoms with Crippen LogP contribution in [-0.2, 0) is 16.1 Å². The molecule has 2 unspecified atom stereocenters. The molecular weight excluding hydrogens is 383 g/mol. The number of halogens is 1. The van der Waals surface area contributed by atoms with Crippen molar-refractivity contribution in [2.75, 3.05) is 13.1 Å². The van der Waals surface area contributed by atoms with Gasteiger partial charge in [-0.15, -0.1) is 0 Å². The summed E-state index contributed by atoms with van der Waals surface area (Å²) >= 11 is 0. The first-order valence-electron chi connectivity index (χ1n) is 8.99. The predicted octanol–water partition coefficient (Wildman–Crippen LogP) is 3.50. The minimum Gasteiger partial charge on any atom is -0.456 e. The van der Waals surface area contributed by atoms with Gasteiger partial charge in [-0.1, -0.05) is 30.3 Å². The van der Waals surface area contributed by atoms with Crippen LogP contribution in [0.25, 0.3) is 0 Å². The molecule has 29 heavy (non-hydrogen) atoms. The molecule has 0 aliphatic carbocycles. The summed E-state index contributed by atoms with van der Waals surface area (Å²) in [4.78, 5) is 35.6. The van der Waals surface area contributed by atoms with Crippen molar-refractivity contribution in [3.63, 3.8) is 0 Å². The number of alkyl halides is 1. The number of hydrogen-bond acceptors (Lipinski definition) is 6. The van der Waals surface area contributed by atoms with Gasteiger partial charge in [0.1, 0.15) is 12.7 Å². The van der Waals surface area contributed by atoms with E-state index >= 15 is 0 Å². The maximum absolute atomic E-state index is 14.5. The maximum Gasteiger partial charge on any atom is 0.410 e. The lowest BCUT2D eigenvalue weighted by Crippen LogP contribution is -2.48. The number of nitro groups is 1. The van der Waals surface area contributed by atoms with Crippen molar-refractivity contribution in [2.45, 2.75) is 25.3 Å². The minimum atomic E-state index is -1.56. The third kappa shape index (κ3) is 5.28. The van der Waals surface area contributed by atoms with E-state index in [2.05, 4.69) is 0 Å². The maximum atomic E-state index is 14.5. The van der Waals surface area contributed by atoms with Gasteiger partial charge in [-0.05, 0) is 17.7 Å². The lowest BCUT2D eigenvalue weighted by atomic mass is 10.1. The molecule has 9 heteroatoms. The van der Waals surface area contributed by atoms with Gasteiger partial charge in [0.05, 0.1) is 17.0 Å². The standard InChI is InChI=1S/C20H19FN2O6/c21-17-12-22(20(25)28-13-14-4-2-1-3-5-14)11-10-18(17)29-19(24)15-6-8-16(9-7-15)23(26)27/h1-9,17-18H,10-13H2. The predicted molar refractivity (Wildman–Crippen MR) is 100 cm³/mol. The summed E-state index contributed by atoms with van der Waals surface area (Å²) in [5, 5.41) is 10.7. The van der Waals surface area contributed by atoms with E-state index in [1.807, 2.05) is 30.3 Å². The van der Waals surface area contributed by atoms with Crippen LogP contribution in [0.1, 0.15) is 22.3 Å². The van der Waals surface area contributed by atoms with E-state index in [1.54, 1.807) is 0 Å². The van der Waals surface area contributed by atoms with E-state index < -0.39 is 29.3 Å². The number of rotatable bonds is 5. The van der Waals surface area contributed by atoms with Crippen LogP contribution in [-0.4, -0.2) is 47.3 Å². The fraction of sp³-hybridized carbons (Fsp3) is 0.300. The molecule has 1 heterocycles. The van der Waals surface area contributed by atoms with E-state index in [4.69, 9.17) is 9.47 Å². The average Bonchev–Trinajstić information content (AvgIpc) is 2.74.